The van der Waals surface area contributed by atoms with Crippen molar-refractivity contribution in [3.8, 4) is 0 Å². The molecule has 82 valence electrons. The van der Waals surface area contributed by atoms with Crippen LogP contribution in [0.15, 0.2) is 0 Å². The summed E-state index contributed by atoms with van der Waals surface area (Å²) in [6.07, 6.45) is 0.323. The van der Waals surface area contributed by atoms with E-state index in [0.717, 1.165) is 0 Å². The van der Waals surface area contributed by atoms with Crippen molar-refractivity contribution in [1.29, 1.82) is 0 Å². The number of carboxylic acid groups (broad SMARTS) is 1. The zero-order valence-corrected chi connectivity index (χ0v) is 9.72. The molecule has 0 rings (SSSR count). The summed E-state index contributed by atoms with van der Waals surface area (Å²) in [7, 11) is 0. The van der Waals surface area contributed by atoms with Crippen molar-refractivity contribution in [2.24, 2.45) is 5.92 Å². The van der Waals surface area contributed by atoms with Crippen LogP contribution in [0.5, 0.6) is 0 Å². The van der Waals surface area contributed by atoms with Crippen molar-refractivity contribution in [2.75, 3.05) is 11.5 Å². The van der Waals surface area contributed by atoms with Gasteiger partial charge in [0, 0.05) is 11.7 Å². The lowest BCUT2D eigenvalue weighted by molar-refractivity contribution is -0.142. The molecule has 4 nitrogen and oxygen atoms in total. The topological polar surface area (TPSA) is 66.4 Å². The molecular formula is C8H15NO3S2. The number of aliphatic carboxylic acids is 1. The van der Waals surface area contributed by atoms with Gasteiger partial charge in [0.15, 0.2) is 0 Å². The maximum atomic E-state index is 11.3. The first-order valence-electron chi connectivity index (χ1n) is 4.27. The Labute approximate surface area is 94.3 Å². The number of nitrogens with one attached hydrogen (secondary N) is 1. The number of rotatable bonds is 6. The van der Waals surface area contributed by atoms with Crippen molar-refractivity contribution in [3.05, 3.63) is 0 Å². The summed E-state index contributed by atoms with van der Waals surface area (Å²) < 4.78 is 0. The Bertz CT molecular complexity index is 211. The number of hydrogen-bond donors (Lipinski definition) is 4. The molecule has 0 spiro atoms. The van der Waals surface area contributed by atoms with E-state index in [-0.39, 0.29) is 11.8 Å². The first kappa shape index (κ1) is 13.6. The molecule has 0 aromatic carbocycles. The number of amides is 1. The summed E-state index contributed by atoms with van der Waals surface area (Å²) >= 11 is 7.88. The van der Waals surface area contributed by atoms with Crippen LogP contribution in [-0.2, 0) is 9.59 Å². The van der Waals surface area contributed by atoms with Gasteiger partial charge in [0.05, 0.1) is 0 Å². The van der Waals surface area contributed by atoms with Crippen molar-refractivity contribution < 1.29 is 14.7 Å². The molecule has 0 saturated carbocycles. The molecule has 6 heteroatoms. The lowest BCUT2D eigenvalue weighted by Gasteiger charge is -2.15. The van der Waals surface area contributed by atoms with Crippen LogP contribution in [0.25, 0.3) is 0 Å². The Kier molecular flexibility index (Phi) is 6.82. The highest BCUT2D eigenvalue weighted by atomic mass is 32.1. The van der Waals surface area contributed by atoms with Crippen LogP contribution in [0, 0.1) is 5.92 Å². The van der Waals surface area contributed by atoms with Gasteiger partial charge in [-0.1, -0.05) is 6.92 Å². The Balaban J connectivity index is 4.15. The highest BCUT2D eigenvalue weighted by molar-refractivity contribution is 7.80. The van der Waals surface area contributed by atoms with Gasteiger partial charge < -0.3 is 10.4 Å². The van der Waals surface area contributed by atoms with Crippen LogP contribution in [-0.4, -0.2) is 34.5 Å². The van der Waals surface area contributed by atoms with E-state index in [4.69, 9.17) is 5.11 Å². The minimum absolute atomic E-state index is 0.278. The van der Waals surface area contributed by atoms with Crippen LogP contribution in [0.3, 0.4) is 0 Å². The van der Waals surface area contributed by atoms with Gasteiger partial charge in [-0.15, -0.1) is 0 Å². The highest BCUT2D eigenvalue weighted by Gasteiger charge is 2.21. The first-order valence-corrected chi connectivity index (χ1v) is 5.54. The molecule has 0 bridgehead atoms. The zero-order valence-electron chi connectivity index (χ0n) is 7.93. The molecule has 14 heavy (non-hydrogen) atoms. The quantitative estimate of drug-likeness (QED) is 0.507. The summed E-state index contributed by atoms with van der Waals surface area (Å²) in [5.74, 6) is -0.765. The Hall–Kier alpha value is -0.360. The van der Waals surface area contributed by atoms with Crippen LogP contribution in [0.4, 0.5) is 0 Å². The maximum Gasteiger partial charge on any atom is 0.326 e. The van der Waals surface area contributed by atoms with Crippen LogP contribution in [0.2, 0.25) is 0 Å². The van der Waals surface area contributed by atoms with Gasteiger partial charge in [-0.3, -0.25) is 4.79 Å². The zero-order chi connectivity index (χ0) is 11.1. The highest BCUT2D eigenvalue weighted by Crippen LogP contribution is 2.01. The molecule has 2 unspecified atom stereocenters. The molecule has 2 atom stereocenters. The average molecular weight is 237 g/mol. The summed E-state index contributed by atoms with van der Waals surface area (Å²) in [5.41, 5.74) is 0. The molecule has 0 aliphatic heterocycles. The fourth-order valence-electron chi connectivity index (χ4n) is 0.783. The Morgan fingerprint density at radius 3 is 2.36 bits per heavy atom. The average Bonchev–Trinajstić information content (AvgIpc) is 2.15. The number of hydrogen-bond acceptors (Lipinski definition) is 4. The van der Waals surface area contributed by atoms with Gasteiger partial charge in [-0.05, 0) is 12.2 Å². The predicted octanol–water partition coefficient (Wildman–Crippen LogP) is 0.442. The van der Waals surface area contributed by atoms with Crippen LogP contribution < -0.4 is 5.32 Å². The number of carbonyl (C=O) groups is 2. The Morgan fingerprint density at radius 2 is 2.00 bits per heavy atom. The molecule has 0 radical (unpaired) electrons. The summed E-state index contributed by atoms with van der Waals surface area (Å²) in [6.45, 7) is 1.70. The van der Waals surface area contributed by atoms with E-state index in [9.17, 15) is 9.59 Å². The smallest absolute Gasteiger partial charge is 0.326 e. The minimum Gasteiger partial charge on any atom is -0.480 e. The molecule has 2 N–H and O–H groups in total. The number of carboxylic acids is 1. The number of carbonyl (C=O) groups excluding carboxylic acids is 1. The second kappa shape index (κ2) is 7.00. The fourth-order valence-corrected chi connectivity index (χ4v) is 1.21. The lowest BCUT2D eigenvalue weighted by atomic mass is 10.1. The minimum atomic E-state index is -1.03. The van der Waals surface area contributed by atoms with Gasteiger partial charge in [-0.25, -0.2) is 4.79 Å². The molecule has 0 saturated heterocycles. The van der Waals surface area contributed by atoms with E-state index in [1.807, 2.05) is 0 Å². The molecule has 0 fully saturated rings. The van der Waals surface area contributed by atoms with Crippen LogP contribution in [0.1, 0.15) is 13.3 Å². The van der Waals surface area contributed by atoms with Gasteiger partial charge in [0.1, 0.15) is 6.04 Å². The van der Waals surface area contributed by atoms with Crippen molar-refractivity contribution in [1.82, 2.24) is 5.32 Å². The normalized spacial score (nSPS) is 14.5. The first-order chi connectivity index (χ1) is 6.52. The predicted molar refractivity (Wildman–Crippen MR) is 61.1 cm³/mol. The van der Waals surface area contributed by atoms with E-state index >= 15 is 0 Å². The summed E-state index contributed by atoms with van der Waals surface area (Å²) in [6, 6.07) is -0.845. The monoisotopic (exact) mass is 237 g/mol. The Morgan fingerprint density at radius 1 is 1.43 bits per heavy atom. The SMILES string of the molecule is CC(CS)C(=O)NC(CCS)C(=O)O. The summed E-state index contributed by atoms with van der Waals surface area (Å²) in [5, 5.41) is 11.2. The van der Waals surface area contributed by atoms with E-state index in [1.54, 1.807) is 6.92 Å². The van der Waals surface area contributed by atoms with Crippen molar-refractivity contribution in [3.63, 3.8) is 0 Å². The van der Waals surface area contributed by atoms with E-state index in [1.165, 1.54) is 0 Å². The summed E-state index contributed by atoms with van der Waals surface area (Å²) in [4.78, 5) is 22.0. The molecule has 0 aliphatic carbocycles. The second-order valence-electron chi connectivity index (χ2n) is 3.00. The van der Waals surface area contributed by atoms with Gasteiger partial charge in [0.2, 0.25) is 5.91 Å². The van der Waals surface area contributed by atoms with Gasteiger partial charge in [0.25, 0.3) is 0 Å². The third kappa shape index (κ3) is 4.76. The molecule has 0 aromatic heterocycles. The molecule has 0 aromatic rings. The van der Waals surface area contributed by atoms with E-state index in [0.29, 0.717) is 17.9 Å². The van der Waals surface area contributed by atoms with Crippen molar-refractivity contribution in [2.45, 2.75) is 19.4 Å². The fraction of sp³-hybridized carbons (Fsp3) is 0.750. The van der Waals surface area contributed by atoms with Gasteiger partial charge >= 0.3 is 5.97 Å². The largest absolute Gasteiger partial charge is 0.480 e. The molecular weight excluding hydrogens is 222 g/mol. The molecule has 1 amide bonds. The molecule has 0 aliphatic rings. The maximum absolute atomic E-state index is 11.3. The van der Waals surface area contributed by atoms with Crippen molar-refractivity contribution >= 4 is 37.1 Å². The van der Waals surface area contributed by atoms with Crippen LogP contribution >= 0.6 is 25.3 Å². The van der Waals surface area contributed by atoms with E-state index in [2.05, 4.69) is 30.6 Å². The third-order valence-corrected chi connectivity index (χ3v) is 2.56. The van der Waals surface area contributed by atoms with E-state index < -0.39 is 12.0 Å². The lowest BCUT2D eigenvalue weighted by Crippen LogP contribution is -2.43. The van der Waals surface area contributed by atoms with Gasteiger partial charge in [-0.2, -0.15) is 25.3 Å². The number of thiol groups is 2. The molecule has 0 heterocycles. The standard InChI is InChI=1S/C8H15NO3S2/c1-5(4-14)7(10)9-6(2-3-13)8(11)12/h5-6,13-14H,2-4H2,1H3,(H,9,10)(H,11,12). The third-order valence-electron chi connectivity index (χ3n) is 1.75. The second-order valence-corrected chi connectivity index (χ2v) is 3.81.